The molecule has 0 radical (unpaired) electrons. The van der Waals surface area contributed by atoms with Crippen LogP contribution in [-0.2, 0) is 82.3 Å². The fourth-order valence-corrected chi connectivity index (χ4v) is 19.0. The minimum Gasteiger partial charge on any atom is -0.507 e. The van der Waals surface area contributed by atoms with Gasteiger partial charge in [0, 0.05) is 48.3 Å². The van der Waals surface area contributed by atoms with Crippen LogP contribution in [0.15, 0.2) is 72.8 Å². The lowest BCUT2D eigenvalue weighted by atomic mass is 9.85. The van der Waals surface area contributed by atoms with Crippen molar-refractivity contribution in [2.45, 2.75) is 227 Å². The van der Waals surface area contributed by atoms with Gasteiger partial charge in [-0.3, -0.25) is 52.1 Å². The number of ether oxygens (including phenoxy) is 7. The van der Waals surface area contributed by atoms with Crippen LogP contribution in [-0.4, -0.2) is 259 Å². The average molecular weight is 1990 g/mol. The first-order chi connectivity index (χ1) is 63.0. The number of halogens is 2. The number of likely N-dealkylation sites (N-methyl/N-ethyl adjacent to an activating group) is 1. The second kappa shape index (κ2) is 46.2. The molecule has 738 valence electrons. The van der Waals surface area contributed by atoms with E-state index in [1.54, 1.807) is 27.7 Å². The molecule has 5 aromatic carbocycles. The minimum atomic E-state index is -5.96. The molecule has 15 unspecified atom stereocenters. The van der Waals surface area contributed by atoms with E-state index in [2.05, 4.69) is 60.1 Å². The van der Waals surface area contributed by atoms with Crippen molar-refractivity contribution in [3.8, 4) is 57.1 Å². The van der Waals surface area contributed by atoms with Crippen LogP contribution >= 0.6 is 46.0 Å². The number of hydrogen-bond donors (Lipinski definition) is 27. The van der Waals surface area contributed by atoms with Crippen molar-refractivity contribution in [1.29, 1.82) is 0 Å². The maximum atomic E-state index is 16.5. The highest BCUT2D eigenvalue weighted by molar-refractivity contribution is 7.70. The predicted octanol–water partition coefficient (Wildman–Crippen LogP) is 0.906. The molecule has 0 aliphatic carbocycles. The first kappa shape index (κ1) is 107. The lowest BCUT2D eigenvalue weighted by Crippen LogP contribution is -2.65. The summed E-state index contributed by atoms with van der Waals surface area (Å²) in [6, 6.07) is -4.34. The molecule has 5 aromatic rings. The molecule has 12 rings (SSSR count). The quantitative estimate of drug-likeness (QED) is 0.0152. The second-order valence-electron chi connectivity index (χ2n) is 33.7. The number of aliphatic hydroxyl groups excluding tert-OH is 6. The molecule has 7 heterocycles. The molecule has 0 aromatic heterocycles. The number of carbonyl (C=O) groups excluding carboxylic acids is 9. The summed E-state index contributed by atoms with van der Waals surface area (Å²) in [6.07, 6.45) is -11.7. The van der Waals surface area contributed by atoms with Gasteiger partial charge >= 0.3 is 28.8 Å². The number of benzene rings is 5. The molecular formula is C83H113Cl2N12O34P3. The summed E-state index contributed by atoms with van der Waals surface area (Å²) in [7, 11) is -15.5. The van der Waals surface area contributed by atoms with E-state index in [0.717, 1.165) is 99.3 Å². The van der Waals surface area contributed by atoms with Gasteiger partial charge in [0.05, 0.1) is 53.2 Å². The number of phenolic OH excluding ortho intramolecular Hbond substituents is 3. The highest BCUT2D eigenvalue weighted by atomic mass is 35.5. The van der Waals surface area contributed by atoms with Crippen LogP contribution in [0, 0.1) is 5.92 Å². The maximum absolute atomic E-state index is 16.5. The lowest BCUT2D eigenvalue weighted by Gasteiger charge is -2.48. The number of esters is 1. The van der Waals surface area contributed by atoms with Crippen LogP contribution < -0.4 is 78.4 Å². The first-order valence-electron chi connectivity index (χ1n) is 42.8. The Morgan fingerprint density at radius 1 is 0.664 bits per heavy atom. The molecule has 51 heteroatoms. The van der Waals surface area contributed by atoms with Gasteiger partial charge in [0.2, 0.25) is 58.9 Å². The van der Waals surface area contributed by atoms with E-state index in [9.17, 15) is 108 Å². The summed E-state index contributed by atoms with van der Waals surface area (Å²) in [4.78, 5) is 194. The molecule has 134 heavy (non-hydrogen) atoms. The zero-order chi connectivity index (χ0) is 98.5. The number of rotatable bonds is 35. The standard InChI is InChI=1S/C83H113Cl2N12O34P3/c1-7-8-9-10-11-12-13-14-21-88-22-23-90-83(5)32-59(126-38(4)73(83)108)130-72-70(107)69(106)56(34-98)129-81(72)131-71-54-28-42-29-55(71)128-53-20-17-41(27-47(53)85)67(104)65-79(114)95-63(80(115)125-35-58(102)92-82(133(119,120)121)134(122,123)124)44-30-51(100)45(33-89-36-132(116,117)118)68(105)60(44)43-25-39(15-18-50(43)99)61(76(111)97-65)94-77(112)62(42)93-75(110)49(31-57(86)101)91-78(113)64(96-74(109)48(87-6)24-37(2)3)66(103)40-16-19-52(127-54)46(84)26-40/h15-20,25-30,37-38,48-49,56,59,61-67,69-70,72-73,81-82,87-90,98-100,103-108H,7-14,21-24,31-36H2,1-6H3,(H2,86,101)(H,91,113)(H,92,102)(H,93,110)(H,94,112)(H,95,114)(H,96,109)(H,97,111)(H2,116,117,118)(H2,119,120,121)(H2,122,123,124)/t38?,48?,49?,56?,59?,61?,62?,63-,64?,65?,66+,67-,69?,70?,72?,73?,81?,83?/m1/s1. The third-order valence-corrected chi connectivity index (χ3v) is 27.5. The summed E-state index contributed by atoms with van der Waals surface area (Å²) in [5.74, 6) is -20.5. The number of aromatic hydroxyl groups is 3. The van der Waals surface area contributed by atoms with Gasteiger partial charge in [-0.05, 0) is 123 Å². The number of nitrogens with one attached hydrogen (secondary N) is 11. The second-order valence-corrected chi connectivity index (χ2v) is 39.9. The molecule has 11 bridgehead atoms. The molecule has 28 N–H and O–H groups in total. The van der Waals surface area contributed by atoms with Crippen molar-refractivity contribution in [2.75, 3.05) is 46.2 Å². The average Bonchev–Trinajstić information content (AvgIpc) is 0.731. The minimum absolute atomic E-state index is 0.147. The largest absolute Gasteiger partial charge is 0.507 e. The summed E-state index contributed by atoms with van der Waals surface area (Å²) in [5, 5.41) is 135. The first-order valence-corrected chi connectivity index (χ1v) is 48.7. The SMILES string of the molecule is CCCCCCCCCCNCCNC1(C)CC(OC2C(Oc3c4cc5cc3Oc3ccc(cc3Cl)[C@H](O)C(NC(=O)C(CC(C)C)NC)C(=O)NC(CC(N)=O)C(=O)NC5C(=O)NC3C(=O)NC(C(=O)N[C@@H](C(=O)OCC(=O)NC(P(=O)(O)O)P(=O)(O)O)c5cc(O)c(CNCP(=O)(O)O)c(O)c5-c5cc3ccc5O)[C@H](O)c3ccc(c(Cl)c3)O4)OC(CO)C(O)C2O)OC(C)C1O. The van der Waals surface area contributed by atoms with E-state index in [0.29, 0.717) is 19.2 Å². The summed E-state index contributed by atoms with van der Waals surface area (Å²) >= 11 is 14.4. The van der Waals surface area contributed by atoms with Gasteiger partial charge in [-0.25, -0.2) is 4.79 Å². The molecule has 2 saturated heterocycles. The van der Waals surface area contributed by atoms with Gasteiger partial charge in [0.25, 0.3) is 5.91 Å². The van der Waals surface area contributed by atoms with Crippen LogP contribution in [0.25, 0.3) is 11.1 Å². The molecule has 0 saturated carbocycles. The fourth-order valence-electron chi connectivity index (χ4n) is 15.9. The molecule has 18 atom stereocenters. The van der Waals surface area contributed by atoms with Crippen LogP contribution in [0.3, 0.4) is 0 Å². The highest BCUT2D eigenvalue weighted by Gasteiger charge is 2.53. The Balaban J connectivity index is 1.19. The number of unbranched alkanes of at least 4 members (excludes halogenated alkanes) is 7. The fraction of sp³-hybridized carbons (Fsp3) is 0.530. The number of hydrogen-bond acceptors (Lipinski definition) is 32. The Morgan fingerprint density at radius 3 is 1.85 bits per heavy atom. The number of nitrogens with two attached hydrogens (primary N) is 1. The van der Waals surface area contributed by atoms with Crippen molar-refractivity contribution in [3.05, 3.63) is 116 Å². The summed E-state index contributed by atoms with van der Waals surface area (Å²) in [6.45, 7) is 6.78. The molecule has 7 aliphatic heterocycles. The van der Waals surface area contributed by atoms with E-state index in [-0.39, 0.29) is 24.3 Å². The van der Waals surface area contributed by atoms with Gasteiger partial charge in [0.1, 0.15) is 89.5 Å². The monoisotopic (exact) mass is 1980 g/mol. The van der Waals surface area contributed by atoms with Crippen LogP contribution in [0.4, 0.5) is 0 Å². The maximum Gasteiger partial charge on any atom is 0.360 e. The van der Waals surface area contributed by atoms with E-state index >= 15 is 24.0 Å². The van der Waals surface area contributed by atoms with Crippen molar-refractivity contribution < 1.29 is 165 Å². The molecule has 8 amide bonds. The van der Waals surface area contributed by atoms with Gasteiger partial charge < -0.3 is 173 Å². The Hall–Kier alpha value is -9.36. The van der Waals surface area contributed by atoms with Crippen molar-refractivity contribution in [2.24, 2.45) is 11.7 Å². The van der Waals surface area contributed by atoms with Gasteiger partial charge in [-0.2, -0.15) is 0 Å². The summed E-state index contributed by atoms with van der Waals surface area (Å²) in [5.41, 5.74) is -3.90. The van der Waals surface area contributed by atoms with Crippen LogP contribution in [0.2, 0.25) is 10.0 Å². The van der Waals surface area contributed by atoms with Crippen LogP contribution in [0.5, 0.6) is 46.0 Å². The topological polar surface area (TPSA) is 731 Å². The zero-order valence-corrected chi connectivity index (χ0v) is 77.5. The summed E-state index contributed by atoms with van der Waals surface area (Å²) < 4.78 is 81.2. The third-order valence-electron chi connectivity index (χ3n) is 22.9. The number of amides is 8. The number of primary amides is 1. The molecule has 7 aliphatic rings. The Kier molecular flexibility index (Phi) is 36.8. The molecule has 0 spiro atoms. The van der Waals surface area contributed by atoms with Gasteiger partial charge in [-0.15, -0.1) is 0 Å². The van der Waals surface area contributed by atoms with E-state index in [4.69, 9.17) is 62.1 Å². The van der Waals surface area contributed by atoms with Crippen molar-refractivity contribution in [1.82, 2.24) is 58.5 Å². The lowest BCUT2D eigenvalue weighted by molar-refractivity contribution is -0.334. The van der Waals surface area contributed by atoms with Crippen molar-refractivity contribution in [3.63, 3.8) is 0 Å². The molecule has 2 fully saturated rings. The van der Waals surface area contributed by atoms with Gasteiger partial charge in [-0.1, -0.05) is 107 Å². The van der Waals surface area contributed by atoms with E-state index in [1.807, 2.05) is 0 Å². The Morgan fingerprint density at radius 2 is 1.26 bits per heavy atom. The predicted molar refractivity (Wildman–Crippen MR) is 472 cm³/mol. The van der Waals surface area contributed by atoms with E-state index < -0.39 is 318 Å². The molecular weight excluding hydrogens is 1870 g/mol. The highest BCUT2D eigenvalue weighted by Crippen LogP contribution is 2.59. The van der Waals surface area contributed by atoms with Crippen LogP contribution in [0.1, 0.15) is 169 Å². The smallest absolute Gasteiger partial charge is 0.360 e. The normalized spacial score (nSPS) is 25.5. The van der Waals surface area contributed by atoms with E-state index in [1.165, 1.54) is 37.7 Å². The molecule has 46 nitrogen and oxygen atoms in total. The number of carbonyl (C=O) groups is 9. The number of fused-ring (bicyclic) bond motifs is 15. The Bertz CT molecular complexity index is 5250. The number of phenols is 3. The zero-order valence-electron chi connectivity index (χ0n) is 73.3. The Labute approximate surface area is 777 Å². The van der Waals surface area contributed by atoms with Gasteiger partial charge in [0.15, 0.2) is 36.5 Å². The van der Waals surface area contributed by atoms with Crippen molar-refractivity contribution >= 4 is 99.2 Å². The third kappa shape index (κ3) is 26.9. The number of aliphatic hydroxyl groups is 6.